The van der Waals surface area contributed by atoms with E-state index in [1.54, 1.807) is 19.1 Å². The normalized spacial score (nSPS) is 9.93. The predicted molar refractivity (Wildman–Crippen MR) is 58.9 cm³/mol. The lowest BCUT2D eigenvalue weighted by Crippen LogP contribution is -2.16. The minimum Gasteiger partial charge on any atom is -0.289 e. The predicted octanol–water partition coefficient (Wildman–Crippen LogP) is 2.75. The van der Waals surface area contributed by atoms with E-state index in [0.29, 0.717) is 5.56 Å². The maximum absolute atomic E-state index is 11.5. The molecule has 0 aromatic heterocycles. The van der Waals surface area contributed by atoms with Crippen LogP contribution in [0.25, 0.3) is 0 Å². The van der Waals surface area contributed by atoms with Gasteiger partial charge in [0.1, 0.15) is 0 Å². The molecule has 1 aromatic rings. The molecule has 0 spiro atoms. The van der Waals surface area contributed by atoms with Crippen LogP contribution < -0.4 is 0 Å². The molecule has 4 heteroatoms. The zero-order valence-corrected chi connectivity index (χ0v) is 9.85. The number of Topliss-reactive ketones (excluding diaryl/α,β-unsaturated/α-hetero) is 2. The fraction of sp³-hybridized carbons (Fsp3) is 0.200. The molecular formula is C10H8BrClO2. The van der Waals surface area contributed by atoms with E-state index < -0.39 is 11.6 Å². The van der Waals surface area contributed by atoms with Gasteiger partial charge in [0.2, 0.25) is 11.6 Å². The number of benzene rings is 1. The molecule has 1 rings (SSSR count). The first-order valence-electron chi connectivity index (χ1n) is 3.96. The average Bonchev–Trinajstić information content (AvgIpc) is 2.19. The van der Waals surface area contributed by atoms with Crippen LogP contribution in [0.1, 0.15) is 15.9 Å². The van der Waals surface area contributed by atoms with Gasteiger partial charge in [-0.2, -0.15) is 0 Å². The van der Waals surface area contributed by atoms with Gasteiger partial charge in [0.15, 0.2) is 0 Å². The second-order valence-corrected chi connectivity index (χ2v) is 4.03. The molecule has 0 heterocycles. The lowest BCUT2D eigenvalue weighted by atomic mass is 10.0. The zero-order chi connectivity index (χ0) is 10.7. The van der Waals surface area contributed by atoms with Gasteiger partial charge in [0.05, 0.1) is 5.88 Å². The summed E-state index contributed by atoms with van der Waals surface area (Å²) in [5.41, 5.74) is 1.18. The molecule has 0 unspecified atom stereocenters. The van der Waals surface area contributed by atoms with E-state index in [1.807, 2.05) is 6.07 Å². The Morgan fingerprint density at radius 2 is 2.07 bits per heavy atom. The van der Waals surface area contributed by atoms with Crippen molar-refractivity contribution in [1.29, 1.82) is 0 Å². The highest BCUT2D eigenvalue weighted by Crippen LogP contribution is 2.16. The van der Waals surface area contributed by atoms with Crippen molar-refractivity contribution in [2.45, 2.75) is 6.92 Å². The van der Waals surface area contributed by atoms with Crippen molar-refractivity contribution in [2.24, 2.45) is 0 Å². The van der Waals surface area contributed by atoms with E-state index in [1.165, 1.54) is 0 Å². The van der Waals surface area contributed by atoms with Gasteiger partial charge in [-0.25, -0.2) is 0 Å². The van der Waals surface area contributed by atoms with Crippen molar-refractivity contribution in [2.75, 3.05) is 5.88 Å². The van der Waals surface area contributed by atoms with Crippen LogP contribution in [0.3, 0.4) is 0 Å². The summed E-state index contributed by atoms with van der Waals surface area (Å²) in [6.45, 7) is 1.78. The monoisotopic (exact) mass is 274 g/mol. The molecule has 0 atom stereocenters. The number of halogens is 2. The van der Waals surface area contributed by atoms with Gasteiger partial charge in [0, 0.05) is 10.0 Å². The molecule has 0 radical (unpaired) electrons. The summed E-state index contributed by atoms with van der Waals surface area (Å²) in [5.74, 6) is -1.38. The molecule has 14 heavy (non-hydrogen) atoms. The molecule has 0 saturated heterocycles. The minimum absolute atomic E-state index is 0.273. The van der Waals surface area contributed by atoms with Crippen molar-refractivity contribution in [1.82, 2.24) is 0 Å². The molecular weight excluding hydrogens is 267 g/mol. The van der Waals surface area contributed by atoms with E-state index in [0.717, 1.165) is 10.0 Å². The fourth-order valence-corrected chi connectivity index (χ4v) is 1.53. The van der Waals surface area contributed by atoms with Crippen molar-refractivity contribution < 1.29 is 9.59 Å². The van der Waals surface area contributed by atoms with Crippen LogP contribution in [0.5, 0.6) is 0 Å². The van der Waals surface area contributed by atoms with E-state index in [9.17, 15) is 9.59 Å². The molecule has 74 valence electrons. The Hall–Kier alpha value is -0.670. The van der Waals surface area contributed by atoms with Crippen LogP contribution >= 0.6 is 27.5 Å². The first-order chi connectivity index (χ1) is 6.56. The smallest absolute Gasteiger partial charge is 0.230 e. The molecule has 0 amide bonds. The third-order valence-corrected chi connectivity index (χ3v) is 2.55. The van der Waals surface area contributed by atoms with E-state index in [4.69, 9.17) is 11.6 Å². The molecule has 0 saturated carbocycles. The average molecular weight is 276 g/mol. The summed E-state index contributed by atoms with van der Waals surface area (Å²) in [5, 5.41) is 0. The highest BCUT2D eigenvalue weighted by atomic mass is 79.9. The zero-order valence-electron chi connectivity index (χ0n) is 7.51. The third kappa shape index (κ3) is 2.42. The summed E-state index contributed by atoms with van der Waals surface area (Å²) in [6, 6.07) is 5.22. The summed E-state index contributed by atoms with van der Waals surface area (Å²) < 4.78 is 0.772. The summed E-state index contributed by atoms with van der Waals surface area (Å²) >= 11 is 8.55. The Bertz CT molecular complexity index is 388. The highest BCUT2D eigenvalue weighted by Gasteiger charge is 2.16. The number of carbonyl (C=O) groups excluding carboxylic acids is 2. The first kappa shape index (κ1) is 11.4. The fourth-order valence-electron chi connectivity index (χ4n) is 1.05. The van der Waals surface area contributed by atoms with E-state index >= 15 is 0 Å². The van der Waals surface area contributed by atoms with Gasteiger partial charge < -0.3 is 0 Å². The van der Waals surface area contributed by atoms with Gasteiger partial charge in [-0.3, -0.25) is 9.59 Å². The molecule has 1 aromatic carbocycles. The Labute approximate surface area is 95.4 Å². The number of hydrogen-bond acceptors (Lipinski definition) is 2. The van der Waals surface area contributed by atoms with Gasteiger partial charge >= 0.3 is 0 Å². The topological polar surface area (TPSA) is 34.1 Å². The lowest BCUT2D eigenvalue weighted by molar-refractivity contribution is -0.112. The molecule has 0 aliphatic carbocycles. The Morgan fingerprint density at radius 3 is 2.64 bits per heavy atom. The van der Waals surface area contributed by atoms with Crippen molar-refractivity contribution >= 4 is 39.1 Å². The second-order valence-electron chi connectivity index (χ2n) is 2.85. The maximum atomic E-state index is 11.5. The number of ketones is 2. The van der Waals surface area contributed by atoms with Gasteiger partial charge in [-0.15, -0.1) is 11.6 Å². The van der Waals surface area contributed by atoms with Gasteiger partial charge in [-0.05, 0) is 24.6 Å². The van der Waals surface area contributed by atoms with Crippen LogP contribution in [0.15, 0.2) is 22.7 Å². The van der Waals surface area contributed by atoms with E-state index in [2.05, 4.69) is 15.9 Å². The van der Waals surface area contributed by atoms with Crippen LogP contribution in [0, 0.1) is 6.92 Å². The first-order valence-corrected chi connectivity index (χ1v) is 5.28. The quantitative estimate of drug-likeness (QED) is 0.483. The minimum atomic E-state index is -0.576. The summed E-state index contributed by atoms with van der Waals surface area (Å²) in [4.78, 5) is 22.6. The summed E-state index contributed by atoms with van der Waals surface area (Å²) in [7, 11) is 0. The maximum Gasteiger partial charge on any atom is 0.230 e. The largest absolute Gasteiger partial charge is 0.289 e. The third-order valence-electron chi connectivity index (χ3n) is 1.82. The highest BCUT2D eigenvalue weighted by molar-refractivity contribution is 9.10. The van der Waals surface area contributed by atoms with Crippen LogP contribution in [-0.2, 0) is 4.79 Å². The molecule has 0 fully saturated rings. The number of hydrogen-bond donors (Lipinski definition) is 0. The van der Waals surface area contributed by atoms with Gasteiger partial charge in [-0.1, -0.05) is 22.0 Å². The number of carbonyl (C=O) groups is 2. The van der Waals surface area contributed by atoms with Crippen molar-refractivity contribution in [3.63, 3.8) is 0 Å². The summed E-state index contributed by atoms with van der Waals surface area (Å²) in [6.07, 6.45) is 0. The molecule has 0 aliphatic heterocycles. The SMILES string of the molecule is Cc1ccc(Br)cc1C(=O)C(=O)CCl. The second kappa shape index (κ2) is 4.71. The van der Waals surface area contributed by atoms with Crippen LogP contribution in [0.2, 0.25) is 0 Å². The molecule has 0 aliphatic rings. The van der Waals surface area contributed by atoms with Crippen LogP contribution in [0.4, 0.5) is 0 Å². The molecule has 0 bridgehead atoms. The molecule has 2 nitrogen and oxygen atoms in total. The van der Waals surface area contributed by atoms with Gasteiger partial charge in [0.25, 0.3) is 0 Å². The Kier molecular flexibility index (Phi) is 3.84. The standard InChI is InChI=1S/C10H8BrClO2/c1-6-2-3-7(11)4-8(6)10(14)9(13)5-12/h2-4H,5H2,1H3. The van der Waals surface area contributed by atoms with Crippen molar-refractivity contribution in [3.8, 4) is 0 Å². The van der Waals surface area contributed by atoms with Crippen molar-refractivity contribution in [3.05, 3.63) is 33.8 Å². The Morgan fingerprint density at radius 1 is 1.43 bits per heavy atom. The Balaban J connectivity index is 3.12. The molecule has 0 N–H and O–H groups in total. The number of alkyl halides is 1. The lowest BCUT2D eigenvalue weighted by Gasteiger charge is -2.03. The van der Waals surface area contributed by atoms with E-state index in [-0.39, 0.29) is 5.88 Å². The number of rotatable bonds is 3. The number of aryl methyl sites for hydroxylation is 1. The van der Waals surface area contributed by atoms with Crippen LogP contribution in [-0.4, -0.2) is 17.4 Å².